The first-order chi connectivity index (χ1) is 32.1. The molecule has 66 heavy (non-hydrogen) atoms. The summed E-state index contributed by atoms with van der Waals surface area (Å²) in [6.45, 7) is 7.71. The first-order valence-corrected chi connectivity index (χ1v) is 27.9. The summed E-state index contributed by atoms with van der Waals surface area (Å²) in [5, 5.41) is 55.1. The maximum Gasteiger partial charge on any atom is 0.249 e. The Morgan fingerprint density at radius 1 is 0.621 bits per heavy atom. The van der Waals surface area contributed by atoms with Crippen LogP contribution in [0.25, 0.3) is 0 Å². The summed E-state index contributed by atoms with van der Waals surface area (Å²) in [6, 6.07) is -0.718. The van der Waals surface area contributed by atoms with Crippen molar-refractivity contribution in [1.29, 1.82) is 0 Å². The predicted molar refractivity (Wildman–Crippen MR) is 269 cm³/mol. The fraction of sp³-hybridized carbons (Fsp3) is 0.911. The number of allylic oxidation sites excluding steroid dienone is 3. The quantitative estimate of drug-likeness (QED) is 0.0199. The number of amides is 1. The highest BCUT2D eigenvalue weighted by atomic mass is 16.7. The Kier molecular flexibility index (Phi) is 32.4. The molecule has 0 spiro atoms. The number of aliphatic hydroxyl groups is 5. The number of hydrogen-bond acceptors (Lipinski definition) is 9. The molecule has 0 bridgehead atoms. The fourth-order valence-corrected chi connectivity index (χ4v) is 10.2. The van der Waals surface area contributed by atoms with Crippen LogP contribution in [0.2, 0.25) is 0 Å². The summed E-state index contributed by atoms with van der Waals surface area (Å²) in [7, 11) is 0. The second-order valence-electron chi connectivity index (χ2n) is 21.2. The summed E-state index contributed by atoms with van der Waals surface area (Å²) in [5.41, 5.74) is 0.957. The number of rotatable bonds is 43. The van der Waals surface area contributed by atoms with Gasteiger partial charge in [-0.15, -0.1) is 0 Å². The SMILES string of the molecule is CCCCCCCCCC[C@H]1C[C@H]1CCCC/C=C\CC[C@@H](O)C(=O)N[C@@H](COC1OC(CO)C(O)C(O)C1O)[C@@H](CCCCCCC[C@@H]1C[C@@H]1CCCCCCCCCC)OC=C(C)C. The summed E-state index contributed by atoms with van der Waals surface area (Å²) >= 11 is 0. The molecule has 2 saturated carbocycles. The number of hydrogen-bond donors (Lipinski definition) is 6. The molecule has 1 saturated heterocycles. The van der Waals surface area contributed by atoms with Crippen molar-refractivity contribution in [2.24, 2.45) is 23.7 Å². The van der Waals surface area contributed by atoms with E-state index in [1.165, 1.54) is 167 Å². The number of unbranched alkanes of at least 4 members (excludes halogenated alkanes) is 20. The third-order valence-corrected chi connectivity index (χ3v) is 14.9. The van der Waals surface area contributed by atoms with Crippen LogP contribution in [0.15, 0.2) is 24.0 Å². The molecule has 3 rings (SSSR count). The molecular formula is C56H103NO9. The van der Waals surface area contributed by atoms with Gasteiger partial charge in [-0.3, -0.25) is 4.79 Å². The summed E-state index contributed by atoms with van der Waals surface area (Å²) in [4.78, 5) is 13.5. The molecule has 5 unspecified atom stereocenters. The van der Waals surface area contributed by atoms with Crippen LogP contribution in [-0.4, -0.2) is 93.6 Å². The van der Waals surface area contributed by atoms with E-state index in [-0.39, 0.29) is 13.0 Å². The zero-order valence-electron chi connectivity index (χ0n) is 42.8. The summed E-state index contributed by atoms with van der Waals surface area (Å²) < 4.78 is 17.9. The predicted octanol–water partition coefficient (Wildman–Crippen LogP) is 11.9. The molecule has 1 amide bonds. The Morgan fingerprint density at radius 3 is 1.59 bits per heavy atom. The van der Waals surface area contributed by atoms with Gasteiger partial charge in [-0.2, -0.15) is 0 Å². The molecule has 2 aliphatic carbocycles. The second kappa shape index (κ2) is 36.4. The third-order valence-electron chi connectivity index (χ3n) is 14.9. The summed E-state index contributed by atoms with van der Waals surface area (Å²) in [5.74, 6) is 3.27. The maximum atomic E-state index is 13.5. The highest BCUT2D eigenvalue weighted by Gasteiger charge is 2.44. The maximum absolute atomic E-state index is 13.5. The van der Waals surface area contributed by atoms with Crippen molar-refractivity contribution in [2.75, 3.05) is 13.2 Å². The lowest BCUT2D eigenvalue weighted by Crippen LogP contribution is -2.60. The molecular weight excluding hydrogens is 831 g/mol. The lowest BCUT2D eigenvalue weighted by atomic mass is 9.99. The molecule has 0 aromatic rings. The van der Waals surface area contributed by atoms with Crippen LogP contribution in [0.4, 0.5) is 0 Å². The zero-order chi connectivity index (χ0) is 47.8. The van der Waals surface area contributed by atoms with Gasteiger partial charge in [0.15, 0.2) is 6.29 Å². The van der Waals surface area contributed by atoms with E-state index in [4.69, 9.17) is 14.2 Å². The molecule has 12 atom stereocenters. The molecule has 10 heteroatoms. The van der Waals surface area contributed by atoms with Gasteiger partial charge in [0.05, 0.1) is 25.5 Å². The highest BCUT2D eigenvalue weighted by molar-refractivity contribution is 5.80. The fourth-order valence-electron chi connectivity index (χ4n) is 10.2. The second-order valence-corrected chi connectivity index (χ2v) is 21.2. The average Bonchev–Trinajstić information content (AvgIpc) is 4.25. The minimum Gasteiger partial charge on any atom is -0.496 e. The van der Waals surface area contributed by atoms with Crippen molar-refractivity contribution in [1.82, 2.24) is 5.32 Å². The van der Waals surface area contributed by atoms with Crippen molar-refractivity contribution in [3.8, 4) is 0 Å². The Labute approximate surface area is 403 Å². The molecule has 1 heterocycles. The van der Waals surface area contributed by atoms with E-state index in [2.05, 4.69) is 31.3 Å². The Balaban J connectivity index is 1.39. The van der Waals surface area contributed by atoms with Gasteiger partial charge in [-0.05, 0) is 94.5 Å². The molecule has 0 radical (unpaired) electrons. The van der Waals surface area contributed by atoms with E-state index in [9.17, 15) is 30.3 Å². The zero-order valence-corrected chi connectivity index (χ0v) is 42.8. The van der Waals surface area contributed by atoms with Crippen LogP contribution in [0.5, 0.6) is 0 Å². The van der Waals surface area contributed by atoms with Gasteiger partial charge in [-0.1, -0.05) is 187 Å². The van der Waals surface area contributed by atoms with Crippen molar-refractivity contribution in [2.45, 2.75) is 289 Å². The van der Waals surface area contributed by atoms with Crippen molar-refractivity contribution >= 4 is 5.91 Å². The van der Waals surface area contributed by atoms with E-state index >= 15 is 0 Å². The number of aliphatic hydroxyl groups excluding tert-OH is 5. The van der Waals surface area contributed by atoms with Crippen LogP contribution in [0, 0.1) is 23.7 Å². The van der Waals surface area contributed by atoms with Crippen molar-refractivity contribution in [3.63, 3.8) is 0 Å². The number of carbonyl (C=O) groups is 1. The number of carbonyl (C=O) groups excluding carboxylic acids is 1. The lowest BCUT2D eigenvalue weighted by molar-refractivity contribution is -0.302. The third kappa shape index (κ3) is 25.9. The van der Waals surface area contributed by atoms with Gasteiger partial charge in [0.1, 0.15) is 36.6 Å². The number of ether oxygens (including phenoxy) is 3. The monoisotopic (exact) mass is 934 g/mol. The standard InChI is InChI=1S/C56H103NO9/c1-5-7-9-11-13-15-20-26-32-44-38-46(44)34-28-22-17-18-24-30-36-49(59)55(63)57-48(42-65-56-54(62)53(61)52(60)51(40-58)66-56)50(64-41-43(3)4)37-31-25-19-23-29-35-47-39-45(47)33-27-21-16-14-12-10-8-6-2/h18,24,41,44-54,56,58-62H,5-17,19-23,25-40,42H2,1-4H3,(H,57,63)/b24-18-/t44-,45-,46+,47+,48-,49+,50+,51?,52?,53?,54?,56?/m0/s1. The Bertz CT molecular complexity index is 1260. The minimum absolute atomic E-state index is 0.148. The van der Waals surface area contributed by atoms with Crippen molar-refractivity contribution in [3.05, 3.63) is 24.0 Å². The average molecular weight is 934 g/mol. The van der Waals surface area contributed by atoms with Gasteiger partial charge in [0, 0.05) is 0 Å². The topological polar surface area (TPSA) is 158 Å². The van der Waals surface area contributed by atoms with Gasteiger partial charge in [0.25, 0.3) is 0 Å². The lowest BCUT2D eigenvalue weighted by Gasteiger charge is -2.40. The number of nitrogens with one attached hydrogen (secondary N) is 1. The van der Waals surface area contributed by atoms with E-state index < -0.39 is 61.5 Å². The van der Waals surface area contributed by atoms with Gasteiger partial charge in [-0.25, -0.2) is 0 Å². The van der Waals surface area contributed by atoms with E-state index in [1.54, 1.807) is 6.26 Å². The molecule has 6 N–H and O–H groups in total. The minimum atomic E-state index is -1.58. The summed E-state index contributed by atoms with van der Waals surface area (Å²) in [6.07, 6.45) is 38.2. The van der Waals surface area contributed by atoms with Crippen LogP contribution < -0.4 is 5.32 Å². The van der Waals surface area contributed by atoms with Gasteiger partial charge >= 0.3 is 0 Å². The van der Waals surface area contributed by atoms with E-state index in [0.717, 1.165) is 54.9 Å². The van der Waals surface area contributed by atoms with Crippen LogP contribution in [0.1, 0.15) is 240 Å². The molecule has 386 valence electrons. The normalized spacial score (nSPS) is 26.3. The van der Waals surface area contributed by atoms with Crippen LogP contribution in [0.3, 0.4) is 0 Å². The first kappa shape index (κ1) is 58.8. The molecule has 1 aliphatic heterocycles. The van der Waals surface area contributed by atoms with Crippen LogP contribution in [-0.2, 0) is 19.0 Å². The molecule has 10 nitrogen and oxygen atoms in total. The van der Waals surface area contributed by atoms with Gasteiger partial charge in [0.2, 0.25) is 5.91 Å². The highest BCUT2D eigenvalue weighted by Crippen LogP contribution is 2.46. The molecule has 0 aromatic heterocycles. The smallest absolute Gasteiger partial charge is 0.249 e. The molecule has 3 fully saturated rings. The molecule has 0 aromatic carbocycles. The van der Waals surface area contributed by atoms with Crippen molar-refractivity contribution < 1.29 is 44.5 Å². The Hall–Kier alpha value is -1.53. The van der Waals surface area contributed by atoms with E-state index in [0.29, 0.717) is 12.8 Å². The van der Waals surface area contributed by atoms with Gasteiger partial charge < -0.3 is 45.1 Å². The van der Waals surface area contributed by atoms with Crippen LogP contribution >= 0.6 is 0 Å². The molecule has 3 aliphatic rings. The van der Waals surface area contributed by atoms with E-state index in [1.807, 2.05) is 13.8 Å². The largest absolute Gasteiger partial charge is 0.496 e. The first-order valence-electron chi connectivity index (χ1n) is 27.9. The Morgan fingerprint density at radius 2 is 1.09 bits per heavy atom.